The van der Waals surface area contributed by atoms with E-state index in [-0.39, 0.29) is 12.1 Å². The lowest BCUT2D eigenvalue weighted by atomic mass is 10.0. The summed E-state index contributed by atoms with van der Waals surface area (Å²) >= 11 is 0. The molecule has 2 heterocycles. The van der Waals surface area contributed by atoms with E-state index in [1.54, 1.807) is 40.1 Å². The van der Waals surface area contributed by atoms with Crippen molar-refractivity contribution in [3.8, 4) is 11.4 Å². The third-order valence-electron chi connectivity index (χ3n) is 6.25. The van der Waals surface area contributed by atoms with Gasteiger partial charge in [0.2, 0.25) is 5.91 Å². The molecule has 0 bridgehead atoms. The largest absolute Gasteiger partial charge is 0.415 e. The van der Waals surface area contributed by atoms with E-state index in [4.69, 9.17) is 10.5 Å². The Labute approximate surface area is 194 Å². The third kappa shape index (κ3) is 5.81. The van der Waals surface area contributed by atoms with E-state index in [1.165, 1.54) is 5.56 Å². The summed E-state index contributed by atoms with van der Waals surface area (Å²) < 4.78 is 7.42. The number of carbonyl (C=O) groups excluding carboxylic acids is 2. The van der Waals surface area contributed by atoms with Crippen molar-refractivity contribution in [2.75, 3.05) is 26.7 Å². The molecule has 2 amide bonds. The van der Waals surface area contributed by atoms with Crippen LogP contribution in [0, 0.1) is 0 Å². The molecule has 1 aliphatic heterocycles. The molecular formula is C26H30N4O3. The monoisotopic (exact) mass is 446 g/mol. The van der Waals surface area contributed by atoms with Gasteiger partial charge >= 0.3 is 6.09 Å². The van der Waals surface area contributed by atoms with Crippen molar-refractivity contribution in [1.29, 1.82) is 0 Å². The highest BCUT2D eigenvalue weighted by molar-refractivity contribution is 5.92. The van der Waals surface area contributed by atoms with Gasteiger partial charge in [-0.3, -0.25) is 4.79 Å². The van der Waals surface area contributed by atoms with Gasteiger partial charge in [0.25, 0.3) is 0 Å². The van der Waals surface area contributed by atoms with Gasteiger partial charge in [-0.15, -0.1) is 0 Å². The summed E-state index contributed by atoms with van der Waals surface area (Å²) in [5.74, 6) is -0.0250. The molecule has 4 rings (SSSR count). The third-order valence-corrected chi connectivity index (χ3v) is 6.25. The van der Waals surface area contributed by atoms with Crippen LogP contribution in [-0.4, -0.2) is 59.1 Å². The second-order valence-corrected chi connectivity index (χ2v) is 8.46. The van der Waals surface area contributed by atoms with Crippen LogP contribution in [-0.2, 0) is 6.42 Å². The van der Waals surface area contributed by atoms with Crippen LogP contribution in [0.25, 0.3) is 5.69 Å². The van der Waals surface area contributed by atoms with E-state index >= 15 is 0 Å². The first-order valence-electron chi connectivity index (χ1n) is 11.3. The Bertz CT molecular complexity index is 1090. The molecule has 2 N–H and O–H groups in total. The Kier molecular flexibility index (Phi) is 7.10. The number of hydrogen-bond donors (Lipinski definition) is 1. The van der Waals surface area contributed by atoms with Gasteiger partial charge in [0, 0.05) is 56.9 Å². The summed E-state index contributed by atoms with van der Waals surface area (Å²) in [6, 6.07) is 19.5. The molecule has 0 spiro atoms. The first-order valence-corrected chi connectivity index (χ1v) is 11.3. The predicted molar refractivity (Wildman–Crippen MR) is 128 cm³/mol. The zero-order valence-corrected chi connectivity index (χ0v) is 18.9. The van der Waals surface area contributed by atoms with E-state index in [2.05, 4.69) is 29.2 Å². The van der Waals surface area contributed by atoms with Crippen LogP contribution >= 0.6 is 0 Å². The number of nitrogens with two attached hydrogens (primary N) is 1. The van der Waals surface area contributed by atoms with Crippen LogP contribution in [0.2, 0.25) is 0 Å². The van der Waals surface area contributed by atoms with Crippen molar-refractivity contribution in [2.24, 2.45) is 5.73 Å². The van der Waals surface area contributed by atoms with Crippen LogP contribution in [0.3, 0.4) is 0 Å². The zero-order valence-electron chi connectivity index (χ0n) is 18.9. The fourth-order valence-corrected chi connectivity index (χ4v) is 4.19. The van der Waals surface area contributed by atoms with Crippen molar-refractivity contribution >= 4 is 12.0 Å². The van der Waals surface area contributed by atoms with Gasteiger partial charge in [-0.25, -0.2) is 4.79 Å². The molecule has 0 radical (unpaired) electrons. The second kappa shape index (κ2) is 10.4. The minimum Gasteiger partial charge on any atom is -0.410 e. The highest BCUT2D eigenvalue weighted by Gasteiger charge is 2.26. The fraction of sp³-hybridized carbons (Fsp3) is 0.308. The number of nitrogens with zero attached hydrogens (tertiary/aromatic N) is 3. The molecule has 7 nitrogen and oxygen atoms in total. The van der Waals surface area contributed by atoms with Crippen molar-refractivity contribution in [3.05, 3.63) is 84.2 Å². The maximum Gasteiger partial charge on any atom is 0.415 e. The molecule has 1 aromatic heterocycles. The fourth-order valence-electron chi connectivity index (χ4n) is 4.19. The Morgan fingerprint density at radius 3 is 2.52 bits per heavy atom. The van der Waals surface area contributed by atoms with Crippen molar-refractivity contribution in [2.45, 2.75) is 25.3 Å². The number of likely N-dealkylation sites (tertiary alicyclic amines) is 1. The number of hydrogen-bond acceptors (Lipinski definition) is 4. The number of primary amides is 1. The van der Waals surface area contributed by atoms with Gasteiger partial charge in [-0.05, 0) is 43.0 Å². The Balaban J connectivity index is 1.28. The molecule has 0 unspecified atom stereocenters. The summed E-state index contributed by atoms with van der Waals surface area (Å²) in [5.41, 5.74) is 7.89. The maximum atomic E-state index is 12.8. The lowest BCUT2D eigenvalue weighted by molar-refractivity contribution is 0.1000. The average Bonchev–Trinajstić information content (AvgIpc) is 3.34. The van der Waals surface area contributed by atoms with Gasteiger partial charge in [0.05, 0.1) is 5.56 Å². The van der Waals surface area contributed by atoms with Crippen molar-refractivity contribution < 1.29 is 14.3 Å². The molecule has 3 aromatic rings. The Hall–Kier alpha value is -3.58. The first kappa shape index (κ1) is 22.6. The van der Waals surface area contributed by atoms with E-state index in [0.29, 0.717) is 11.3 Å². The van der Waals surface area contributed by atoms with Crippen LogP contribution in [0.1, 0.15) is 28.8 Å². The average molecular weight is 447 g/mol. The number of rotatable bonds is 7. The molecule has 1 fully saturated rings. The van der Waals surface area contributed by atoms with E-state index < -0.39 is 5.91 Å². The summed E-state index contributed by atoms with van der Waals surface area (Å²) in [4.78, 5) is 28.3. The van der Waals surface area contributed by atoms with Gasteiger partial charge in [-0.2, -0.15) is 0 Å². The summed E-state index contributed by atoms with van der Waals surface area (Å²) in [6.07, 6.45) is 5.95. The van der Waals surface area contributed by atoms with E-state index in [9.17, 15) is 9.59 Å². The summed E-state index contributed by atoms with van der Waals surface area (Å²) in [5, 5.41) is 0. The molecule has 7 heteroatoms. The number of piperidine rings is 1. The normalized spacial score (nSPS) is 14.7. The lowest BCUT2D eigenvalue weighted by Gasteiger charge is -2.36. The van der Waals surface area contributed by atoms with Crippen LogP contribution in [0.15, 0.2) is 73.1 Å². The molecular weight excluding hydrogens is 416 g/mol. The SMILES string of the molecule is CN(C(=O)Oc1cccc(-n2ccc(C(N)=O)c2)c1)C1CCN(CCc2ccccc2)CC1. The maximum absolute atomic E-state index is 12.8. The minimum absolute atomic E-state index is 0.163. The number of aromatic nitrogens is 1. The molecule has 1 saturated heterocycles. The highest BCUT2D eigenvalue weighted by Crippen LogP contribution is 2.21. The molecule has 172 valence electrons. The first-order chi connectivity index (χ1) is 16.0. The quantitative estimate of drug-likeness (QED) is 0.600. The van der Waals surface area contributed by atoms with Crippen LogP contribution < -0.4 is 10.5 Å². The van der Waals surface area contributed by atoms with Gasteiger partial charge in [0.1, 0.15) is 5.75 Å². The molecule has 0 aliphatic carbocycles. The summed E-state index contributed by atoms with van der Waals surface area (Å²) in [7, 11) is 1.81. The predicted octanol–water partition coefficient (Wildman–Crippen LogP) is 3.71. The van der Waals surface area contributed by atoms with Crippen molar-refractivity contribution in [1.82, 2.24) is 14.4 Å². The molecule has 2 aromatic carbocycles. The lowest BCUT2D eigenvalue weighted by Crippen LogP contribution is -2.46. The Morgan fingerprint density at radius 2 is 1.82 bits per heavy atom. The van der Waals surface area contributed by atoms with E-state index in [0.717, 1.165) is 44.6 Å². The van der Waals surface area contributed by atoms with Gasteiger partial charge < -0.3 is 24.8 Å². The number of ether oxygens (including phenoxy) is 1. The van der Waals surface area contributed by atoms with Gasteiger partial charge in [-0.1, -0.05) is 36.4 Å². The topological polar surface area (TPSA) is 80.8 Å². The zero-order chi connectivity index (χ0) is 23.2. The van der Waals surface area contributed by atoms with E-state index in [1.807, 2.05) is 25.2 Å². The second-order valence-electron chi connectivity index (χ2n) is 8.46. The molecule has 0 atom stereocenters. The van der Waals surface area contributed by atoms with Crippen LogP contribution in [0.4, 0.5) is 4.79 Å². The van der Waals surface area contributed by atoms with Crippen LogP contribution in [0.5, 0.6) is 5.75 Å². The van der Waals surface area contributed by atoms with Crippen molar-refractivity contribution in [3.63, 3.8) is 0 Å². The summed E-state index contributed by atoms with van der Waals surface area (Å²) in [6.45, 7) is 2.98. The molecule has 1 aliphatic rings. The highest BCUT2D eigenvalue weighted by atomic mass is 16.6. The Morgan fingerprint density at radius 1 is 1.06 bits per heavy atom. The van der Waals surface area contributed by atoms with Gasteiger partial charge in [0.15, 0.2) is 0 Å². The minimum atomic E-state index is -0.482. The number of carbonyl (C=O) groups is 2. The number of amides is 2. The smallest absolute Gasteiger partial charge is 0.410 e. The number of benzene rings is 2. The molecule has 0 saturated carbocycles. The standard InChI is InChI=1S/C26H30N4O3/c1-28(22-12-15-29(16-13-22)14-10-20-6-3-2-4-7-20)26(32)33-24-9-5-8-23(18-24)30-17-11-21(19-30)25(27)31/h2-9,11,17-19,22H,10,12-16H2,1H3,(H2,27,31). The molecule has 33 heavy (non-hydrogen) atoms.